The lowest BCUT2D eigenvalue weighted by molar-refractivity contribution is 0.504. The zero-order valence-corrected chi connectivity index (χ0v) is 9.06. The molecular weight excluding hydrogens is 182 g/mol. The van der Waals surface area contributed by atoms with Crippen molar-refractivity contribution in [2.24, 2.45) is 17.6 Å². The van der Waals surface area contributed by atoms with Crippen LogP contribution in [0.15, 0.2) is 36.4 Å². The average Bonchev–Trinajstić information content (AvgIpc) is 2.80. The summed E-state index contributed by atoms with van der Waals surface area (Å²) in [4.78, 5) is 0. The van der Waals surface area contributed by atoms with E-state index < -0.39 is 0 Å². The van der Waals surface area contributed by atoms with Crippen LogP contribution in [0.5, 0.6) is 0 Å². The highest BCUT2D eigenvalue weighted by molar-refractivity contribution is 5.32. The van der Waals surface area contributed by atoms with Crippen molar-refractivity contribution < 1.29 is 0 Å². The fourth-order valence-corrected chi connectivity index (χ4v) is 3.12. The summed E-state index contributed by atoms with van der Waals surface area (Å²) >= 11 is 0. The molecule has 1 heteroatoms. The Kier molecular flexibility index (Phi) is 1.96. The summed E-state index contributed by atoms with van der Waals surface area (Å²) in [6.45, 7) is 2.13. The van der Waals surface area contributed by atoms with Crippen molar-refractivity contribution in [1.29, 1.82) is 0 Å². The summed E-state index contributed by atoms with van der Waals surface area (Å²) < 4.78 is 0. The number of hydrogen-bond acceptors (Lipinski definition) is 1. The Balaban J connectivity index is 1.95. The smallest absolute Gasteiger partial charge is 0.0177 e. The topological polar surface area (TPSA) is 26.0 Å². The van der Waals surface area contributed by atoms with Crippen LogP contribution in [0, 0.1) is 18.8 Å². The predicted octanol–water partition coefficient (Wildman–Crippen LogP) is 2.61. The van der Waals surface area contributed by atoms with Crippen molar-refractivity contribution in [3.63, 3.8) is 0 Å². The number of aryl methyl sites for hydroxylation is 1. The molecule has 1 fully saturated rings. The van der Waals surface area contributed by atoms with Gasteiger partial charge in [0.25, 0.3) is 0 Å². The van der Waals surface area contributed by atoms with Crippen molar-refractivity contribution in [2.75, 3.05) is 0 Å². The number of benzene rings is 1. The third kappa shape index (κ3) is 1.34. The van der Waals surface area contributed by atoms with Gasteiger partial charge in [0.1, 0.15) is 0 Å². The highest BCUT2D eigenvalue weighted by Crippen LogP contribution is 2.47. The molecule has 2 aliphatic rings. The Hall–Kier alpha value is -1.08. The average molecular weight is 199 g/mol. The van der Waals surface area contributed by atoms with Gasteiger partial charge >= 0.3 is 0 Å². The van der Waals surface area contributed by atoms with Crippen molar-refractivity contribution >= 4 is 0 Å². The lowest BCUT2D eigenvalue weighted by Crippen LogP contribution is -2.32. The van der Waals surface area contributed by atoms with Gasteiger partial charge in [-0.1, -0.05) is 42.0 Å². The van der Waals surface area contributed by atoms with Crippen LogP contribution in [0.3, 0.4) is 0 Å². The number of hydrogen-bond donors (Lipinski definition) is 1. The molecule has 0 radical (unpaired) electrons. The molecule has 1 unspecified atom stereocenters. The Labute approximate surface area is 91.0 Å². The van der Waals surface area contributed by atoms with Crippen molar-refractivity contribution in [1.82, 2.24) is 0 Å². The van der Waals surface area contributed by atoms with Gasteiger partial charge in [-0.05, 0) is 30.7 Å². The van der Waals surface area contributed by atoms with Gasteiger partial charge in [-0.2, -0.15) is 0 Å². The molecule has 0 spiro atoms. The SMILES string of the molecule is Cc1ccc([C@H]2C(N)[C@@H]3C=C[C@H]2C3)cc1. The van der Waals surface area contributed by atoms with Gasteiger partial charge in [-0.15, -0.1) is 0 Å². The van der Waals surface area contributed by atoms with Gasteiger partial charge in [-0.3, -0.25) is 0 Å². The molecule has 1 nitrogen and oxygen atoms in total. The Morgan fingerprint density at radius 1 is 1.07 bits per heavy atom. The van der Waals surface area contributed by atoms with E-state index in [1.165, 1.54) is 17.5 Å². The van der Waals surface area contributed by atoms with Gasteiger partial charge in [0.05, 0.1) is 0 Å². The zero-order chi connectivity index (χ0) is 10.4. The van der Waals surface area contributed by atoms with Gasteiger partial charge < -0.3 is 5.73 Å². The van der Waals surface area contributed by atoms with Crippen LogP contribution in [0.4, 0.5) is 0 Å². The lowest BCUT2D eigenvalue weighted by Gasteiger charge is -2.25. The van der Waals surface area contributed by atoms with Crippen molar-refractivity contribution in [3.8, 4) is 0 Å². The van der Waals surface area contributed by atoms with Crippen LogP contribution < -0.4 is 5.73 Å². The maximum absolute atomic E-state index is 6.28. The van der Waals surface area contributed by atoms with Crippen LogP contribution in [0.2, 0.25) is 0 Å². The normalized spacial score (nSPS) is 37.5. The fraction of sp³-hybridized carbons (Fsp3) is 0.429. The highest BCUT2D eigenvalue weighted by Gasteiger charge is 2.42. The molecule has 0 saturated heterocycles. The second-order valence-corrected chi connectivity index (χ2v) is 4.96. The van der Waals surface area contributed by atoms with Crippen LogP contribution in [-0.2, 0) is 0 Å². The largest absolute Gasteiger partial charge is 0.327 e. The molecule has 1 aromatic carbocycles. The van der Waals surface area contributed by atoms with Crippen molar-refractivity contribution in [2.45, 2.75) is 25.3 Å². The number of fused-ring (bicyclic) bond motifs is 2. The molecule has 2 bridgehead atoms. The maximum Gasteiger partial charge on any atom is 0.0177 e. The molecule has 2 aliphatic carbocycles. The van der Waals surface area contributed by atoms with Crippen LogP contribution in [0.1, 0.15) is 23.5 Å². The Morgan fingerprint density at radius 2 is 1.73 bits per heavy atom. The molecule has 0 amide bonds. The van der Waals surface area contributed by atoms with E-state index in [9.17, 15) is 0 Å². The summed E-state index contributed by atoms with van der Waals surface area (Å²) in [7, 11) is 0. The molecule has 0 aliphatic heterocycles. The van der Waals surface area contributed by atoms with E-state index in [-0.39, 0.29) is 0 Å². The predicted molar refractivity (Wildman–Crippen MR) is 62.6 cm³/mol. The lowest BCUT2D eigenvalue weighted by atomic mass is 9.83. The van der Waals surface area contributed by atoms with Gasteiger partial charge in [0.15, 0.2) is 0 Å². The van der Waals surface area contributed by atoms with Gasteiger partial charge in [0.2, 0.25) is 0 Å². The second-order valence-electron chi connectivity index (χ2n) is 4.96. The van der Waals surface area contributed by atoms with E-state index >= 15 is 0 Å². The van der Waals surface area contributed by atoms with Gasteiger partial charge in [0, 0.05) is 12.0 Å². The number of rotatable bonds is 1. The fourth-order valence-electron chi connectivity index (χ4n) is 3.12. The minimum absolute atomic E-state index is 0.336. The van der Waals surface area contributed by atoms with E-state index in [1.807, 2.05) is 0 Å². The van der Waals surface area contributed by atoms with Crippen LogP contribution in [0.25, 0.3) is 0 Å². The summed E-state index contributed by atoms with van der Waals surface area (Å²) in [6.07, 6.45) is 5.93. The molecule has 15 heavy (non-hydrogen) atoms. The molecule has 0 aromatic heterocycles. The summed E-state index contributed by atoms with van der Waals surface area (Å²) in [5.74, 6) is 1.87. The van der Waals surface area contributed by atoms with Crippen LogP contribution >= 0.6 is 0 Å². The van der Waals surface area contributed by atoms with E-state index in [0.717, 1.165) is 0 Å². The first-order chi connectivity index (χ1) is 7.25. The first-order valence-electron chi connectivity index (χ1n) is 5.76. The van der Waals surface area contributed by atoms with E-state index in [4.69, 9.17) is 5.73 Å². The van der Waals surface area contributed by atoms with Gasteiger partial charge in [-0.25, -0.2) is 0 Å². The van der Waals surface area contributed by atoms with E-state index in [0.29, 0.717) is 23.8 Å². The Morgan fingerprint density at radius 3 is 2.33 bits per heavy atom. The molecule has 0 heterocycles. The molecule has 1 saturated carbocycles. The first kappa shape index (κ1) is 9.17. The summed E-state index contributed by atoms with van der Waals surface area (Å²) in [5, 5.41) is 0. The minimum atomic E-state index is 0.336. The molecule has 4 atom stereocenters. The minimum Gasteiger partial charge on any atom is -0.327 e. The first-order valence-corrected chi connectivity index (χ1v) is 5.76. The van der Waals surface area contributed by atoms with Crippen molar-refractivity contribution in [3.05, 3.63) is 47.5 Å². The third-order valence-corrected chi connectivity index (χ3v) is 3.98. The molecule has 78 valence electrons. The number of allylic oxidation sites excluding steroid dienone is 1. The molecular formula is C14H17N. The molecule has 2 N–H and O–H groups in total. The highest BCUT2D eigenvalue weighted by atomic mass is 14.7. The maximum atomic E-state index is 6.28. The standard InChI is InChI=1S/C14H17N/c1-9-2-4-10(5-3-9)13-11-6-7-12(8-11)14(13)15/h2-7,11-14H,8,15H2,1H3/t11-,12+,13+,14?/m0/s1. The summed E-state index contributed by atoms with van der Waals surface area (Å²) in [6, 6.07) is 9.21. The van der Waals surface area contributed by atoms with E-state index in [2.05, 4.69) is 43.3 Å². The number of nitrogens with two attached hydrogens (primary N) is 1. The second kappa shape index (κ2) is 3.21. The summed E-state index contributed by atoms with van der Waals surface area (Å²) in [5.41, 5.74) is 9.03. The Bertz CT molecular complexity index is 390. The third-order valence-electron chi connectivity index (χ3n) is 3.98. The monoisotopic (exact) mass is 199 g/mol. The quantitative estimate of drug-likeness (QED) is 0.691. The van der Waals surface area contributed by atoms with Crippen LogP contribution in [-0.4, -0.2) is 6.04 Å². The van der Waals surface area contributed by atoms with E-state index in [1.54, 1.807) is 0 Å². The molecule has 1 aromatic rings. The molecule has 3 rings (SSSR count). The zero-order valence-electron chi connectivity index (χ0n) is 9.06.